The van der Waals surface area contributed by atoms with Crippen LogP contribution in [0.4, 0.5) is 5.69 Å². The molecular formula is C14H13ClN2. The first-order valence-corrected chi connectivity index (χ1v) is 5.76. The van der Waals surface area contributed by atoms with Gasteiger partial charge in [0.25, 0.3) is 0 Å². The molecule has 3 heteroatoms. The fourth-order valence-corrected chi connectivity index (χ4v) is 1.86. The normalized spacial score (nSPS) is 9.94. The van der Waals surface area contributed by atoms with Crippen molar-refractivity contribution in [3.63, 3.8) is 0 Å². The van der Waals surface area contributed by atoms with Crippen LogP contribution in [0.5, 0.6) is 0 Å². The van der Waals surface area contributed by atoms with E-state index in [0.29, 0.717) is 5.02 Å². The lowest BCUT2D eigenvalue weighted by molar-refractivity contribution is 1.15. The second-order valence-electron chi connectivity index (χ2n) is 3.68. The molecule has 2 rings (SSSR count). The summed E-state index contributed by atoms with van der Waals surface area (Å²) in [5.74, 6) is 0. The minimum Gasteiger partial charge on any atom is -0.380 e. The minimum absolute atomic E-state index is 0.595. The average molecular weight is 245 g/mol. The van der Waals surface area contributed by atoms with Gasteiger partial charge in [-0.05, 0) is 17.7 Å². The lowest BCUT2D eigenvalue weighted by Gasteiger charge is -2.10. The van der Waals surface area contributed by atoms with Gasteiger partial charge in [-0.15, -0.1) is 0 Å². The summed E-state index contributed by atoms with van der Waals surface area (Å²) in [4.78, 5) is 0. The highest BCUT2D eigenvalue weighted by molar-refractivity contribution is 6.33. The molecule has 0 spiro atoms. The molecule has 0 bridgehead atoms. The van der Waals surface area contributed by atoms with E-state index in [9.17, 15) is 0 Å². The topological polar surface area (TPSA) is 35.9 Å². The number of hydrogen-bond donors (Lipinski definition) is 2. The van der Waals surface area contributed by atoms with Gasteiger partial charge >= 0.3 is 0 Å². The SMILES string of the molecule is N=Cc1c(Cl)cccc1NCc1ccccc1. The van der Waals surface area contributed by atoms with Crippen LogP contribution in [0.3, 0.4) is 0 Å². The molecule has 17 heavy (non-hydrogen) atoms. The Labute approximate surface area is 106 Å². The smallest absolute Gasteiger partial charge is 0.0514 e. The van der Waals surface area contributed by atoms with Crippen molar-refractivity contribution in [3.8, 4) is 0 Å². The Hall–Kier alpha value is -1.80. The van der Waals surface area contributed by atoms with E-state index < -0.39 is 0 Å². The van der Waals surface area contributed by atoms with E-state index in [2.05, 4.69) is 17.4 Å². The first kappa shape index (κ1) is 11.7. The maximum absolute atomic E-state index is 7.36. The molecule has 0 aliphatic carbocycles. The van der Waals surface area contributed by atoms with Crippen molar-refractivity contribution < 1.29 is 0 Å². The van der Waals surface area contributed by atoms with Crippen molar-refractivity contribution in [1.82, 2.24) is 0 Å². The van der Waals surface area contributed by atoms with E-state index in [4.69, 9.17) is 17.0 Å². The van der Waals surface area contributed by atoms with E-state index in [0.717, 1.165) is 17.8 Å². The maximum Gasteiger partial charge on any atom is 0.0514 e. The van der Waals surface area contributed by atoms with Crippen LogP contribution in [0.15, 0.2) is 48.5 Å². The van der Waals surface area contributed by atoms with E-state index in [1.54, 1.807) is 6.07 Å². The number of rotatable bonds is 4. The molecule has 0 fully saturated rings. The fourth-order valence-electron chi connectivity index (χ4n) is 1.63. The van der Waals surface area contributed by atoms with Gasteiger partial charge in [-0.1, -0.05) is 48.0 Å². The van der Waals surface area contributed by atoms with E-state index in [-0.39, 0.29) is 0 Å². The van der Waals surface area contributed by atoms with E-state index in [1.807, 2.05) is 30.3 Å². The van der Waals surface area contributed by atoms with Gasteiger partial charge in [-0.25, -0.2) is 0 Å². The second kappa shape index (κ2) is 5.51. The van der Waals surface area contributed by atoms with Crippen LogP contribution in [-0.4, -0.2) is 6.21 Å². The van der Waals surface area contributed by atoms with Gasteiger partial charge in [0.05, 0.1) is 5.02 Å². The predicted molar refractivity (Wildman–Crippen MR) is 73.1 cm³/mol. The lowest BCUT2D eigenvalue weighted by atomic mass is 10.1. The lowest BCUT2D eigenvalue weighted by Crippen LogP contribution is -2.02. The number of halogens is 1. The molecule has 0 radical (unpaired) electrons. The first-order valence-electron chi connectivity index (χ1n) is 5.38. The fraction of sp³-hybridized carbons (Fsp3) is 0.0714. The third kappa shape index (κ3) is 2.86. The van der Waals surface area contributed by atoms with Crippen molar-refractivity contribution >= 4 is 23.5 Å². The van der Waals surface area contributed by atoms with Gasteiger partial charge in [0.1, 0.15) is 0 Å². The van der Waals surface area contributed by atoms with Gasteiger partial charge < -0.3 is 10.7 Å². The van der Waals surface area contributed by atoms with E-state index in [1.165, 1.54) is 11.8 Å². The molecule has 0 aliphatic rings. The summed E-state index contributed by atoms with van der Waals surface area (Å²) >= 11 is 6.02. The summed E-state index contributed by atoms with van der Waals surface area (Å²) < 4.78 is 0. The van der Waals surface area contributed by atoms with Crippen LogP contribution in [0.1, 0.15) is 11.1 Å². The summed E-state index contributed by atoms with van der Waals surface area (Å²) in [6.45, 7) is 0.724. The summed E-state index contributed by atoms with van der Waals surface area (Å²) in [7, 11) is 0. The monoisotopic (exact) mass is 244 g/mol. The molecule has 0 saturated carbocycles. The summed E-state index contributed by atoms with van der Waals surface area (Å²) in [6.07, 6.45) is 1.27. The zero-order chi connectivity index (χ0) is 12.1. The molecule has 0 heterocycles. The standard InChI is InChI=1S/C14H13ClN2/c15-13-7-4-8-14(12(13)9-16)17-10-11-5-2-1-3-6-11/h1-9,16-17H,10H2. The highest BCUT2D eigenvalue weighted by Gasteiger charge is 2.03. The molecule has 0 aromatic heterocycles. The Morgan fingerprint density at radius 2 is 1.82 bits per heavy atom. The molecule has 2 aromatic carbocycles. The summed E-state index contributed by atoms with van der Waals surface area (Å²) in [5.41, 5.74) is 2.81. The highest BCUT2D eigenvalue weighted by atomic mass is 35.5. The zero-order valence-corrected chi connectivity index (χ0v) is 10.0. The molecule has 0 amide bonds. The molecule has 2 N–H and O–H groups in total. The molecule has 0 unspecified atom stereocenters. The molecule has 2 aromatic rings. The van der Waals surface area contributed by atoms with Gasteiger partial charge in [-0.3, -0.25) is 0 Å². The second-order valence-corrected chi connectivity index (χ2v) is 4.09. The van der Waals surface area contributed by atoms with Crippen molar-refractivity contribution in [2.24, 2.45) is 0 Å². The van der Waals surface area contributed by atoms with Crippen LogP contribution in [-0.2, 0) is 6.54 Å². The molecule has 0 saturated heterocycles. The minimum atomic E-state index is 0.595. The van der Waals surface area contributed by atoms with E-state index >= 15 is 0 Å². The van der Waals surface area contributed by atoms with Gasteiger partial charge in [0, 0.05) is 24.0 Å². The van der Waals surface area contributed by atoms with Crippen LogP contribution < -0.4 is 5.32 Å². The number of hydrogen-bond acceptors (Lipinski definition) is 2. The average Bonchev–Trinajstić information content (AvgIpc) is 2.37. The van der Waals surface area contributed by atoms with Gasteiger partial charge in [0.15, 0.2) is 0 Å². The number of benzene rings is 2. The number of nitrogens with one attached hydrogen (secondary N) is 2. The van der Waals surface area contributed by atoms with Crippen LogP contribution in [0.25, 0.3) is 0 Å². The maximum atomic E-state index is 7.36. The largest absolute Gasteiger partial charge is 0.380 e. The highest BCUT2D eigenvalue weighted by Crippen LogP contribution is 2.22. The van der Waals surface area contributed by atoms with Crippen LogP contribution in [0, 0.1) is 5.41 Å². The van der Waals surface area contributed by atoms with Gasteiger partial charge in [0.2, 0.25) is 0 Å². The Kier molecular flexibility index (Phi) is 3.78. The van der Waals surface area contributed by atoms with Crippen molar-refractivity contribution in [3.05, 3.63) is 64.7 Å². The Morgan fingerprint density at radius 3 is 2.53 bits per heavy atom. The molecule has 86 valence electrons. The van der Waals surface area contributed by atoms with Crippen LogP contribution in [0.2, 0.25) is 5.02 Å². The third-order valence-electron chi connectivity index (χ3n) is 2.52. The number of anilines is 1. The van der Waals surface area contributed by atoms with Gasteiger partial charge in [-0.2, -0.15) is 0 Å². The quantitative estimate of drug-likeness (QED) is 0.785. The summed E-state index contributed by atoms with van der Waals surface area (Å²) in [5, 5.41) is 11.2. The molecule has 2 nitrogen and oxygen atoms in total. The Bertz CT molecular complexity index is 509. The first-order chi connectivity index (χ1) is 8.31. The Balaban J connectivity index is 2.14. The van der Waals surface area contributed by atoms with Crippen LogP contribution >= 0.6 is 11.6 Å². The Morgan fingerprint density at radius 1 is 1.06 bits per heavy atom. The van der Waals surface area contributed by atoms with Crippen molar-refractivity contribution in [2.45, 2.75) is 6.54 Å². The zero-order valence-electron chi connectivity index (χ0n) is 9.28. The van der Waals surface area contributed by atoms with Crippen molar-refractivity contribution in [1.29, 1.82) is 5.41 Å². The molecule has 0 atom stereocenters. The molecule has 0 aliphatic heterocycles. The predicted octanol–water partition coefficient (Wildman–Crippen LogP) is 3.95. The third-order valence-corrected chi connectivity index (χ3v) is 2.85. The molecular weight excluding hydrogens is 232 g/mol. The summed E-state index contributed by atoms with van der Waals surface area (Å²) in [6, 6.07) is 15.7. The van der Waals surface area contributed by atoms with Crippen molar-refractivity contribution in [2.75, 3.05) is 5.32 Å².